The molecule has 10 heteroatoms. The minimum atomic E-state index is -4.36. The molecule has 0 aromatic rings. The fraction of sp³-hybridized carbons (Fsp3) is 0.824. The molecule has 0 aromatic heterocycles. The third-order valence-corrected chi connectivity index (χ3v) is 8.07. The van der Waals surface area contributed by atoms with Gasteiger partial charge in [-0.25, -0.2) is 4.57 Å². The van der Waals surface area contributed by atoms with Gasteiger partial charge in [0, 0.05) is 19.4 Å². The second-order valence-electron chi connectivity index (χ2n) is 11.4. The van der Waals surface area contributed by atoms with E-state index < -0.39 is 32.5 Å². The summed E-state index contributed by atoms with van der Waals surface area (Å²) in [5, 5.41) is 0. The van der Waals surface area contributed by atoms with Crippen molar-refractivity contribution in [2.75, 3.05) is 26.4 Å². The molecule has 258 valence electrons. The van der Waals surface area contributed by atoms with Gasteiger partial charge in [0.25, 0.3) is 0 Å². The number of phosphoric ester groups is 1. The van der Waals surface area contributed by atoms with Crippen LogP contribution in [0.1, 0.15) is 149 Å². The van der Waals surface area contributed by atoms with Crippen LogP contribution in [0.25, 0.3) is 0 Å². The van der Waals surface area contributed by atoms with Crippen LogP contribution in [0.15, 0.2) is 24.3 Å². The van der Waals surface area contributed by atoms with Gasteiger partial charge in [-0.15, -0.1) is 0 Å². The molecule has 0 fully saturated rings. The summed E-state index contributed by atoms with van der Waals surface area (Å²) in [5.74, 6) is -0.853. The molecular formula is C34H64NO8P. The lowest BCUT2D eigenvalue weighted by molar-refractivity contribution is -0.161. The predicted molar refractivity (Wildman–Crippen MR) is 178 cm³/mol. The molecule has 44 heavy (non-hydrogen) atoms. The first-order valence-electron chi connectivity index (χ1n) is 17.3. The van der Waals surface area contributed by atoms with Gasteiger partial charge in [-0.3, -0.25) is 18.6 Å². The molecular weight excluding hydrogens is 581 g/mol. The smallest absolute Gasteiger partial charge is 0.462 e. The number of allylic oxidation sites excluding steroid dienone is 4. The lowest BCUT2D eigenvalue weighted by Crippen LogP contribution is -2.29. The van der Waals surface area contributed by atoms with Gasteiger partial charge in [0.15, 0.2) is 6.10 Å². The molecule has 0 amide bonds. The van der Waals surface area contributed by atoms with Crippen molar-refractivity contribution in [1.82, 2.24) is 0 Å². The summed E-state index contributed by atoms with van der Waals surface area (Å²) in [6, 6.07) is 0. The molecule has 2 unspecified atom stereocenters. The quantitative estimate of drug-likeness (QED) is 0.0318. The maximum absolute atomic E-state index is 12.4. The average Bonchev–Trinajstić information content (AvgIpc) is 3.00. The summed E-state index contributed by atoms with van der Waals surface area (Å²) in [4.78, 5) is 34.3. The summed E-state index contributed by atoms with van der Waals surface area (Å²) in [5.41, 5.74) is 5.30. The van der Waals surface area contributed by atoms with Crippen molar-refractivity contribution in [2.45, 2.75) is 155 Å². The van der Waals surface area contributed by atoms with Crippen LogP contribution in [0.2, 0.25) is 0 Å². The molecule has 0 radical (unpaired) electrons. The van der Waals surface area contributed by atoms with Crippen molar-refractivity contribution >= 4 is 19.8 Å². The summed E-state index contributed by atoms with van der Waals surface area (Å²) < 4.78 is 32.4. The SMILES string of the molecule is CCCCCC/C=C\C/C=C\CCCCCCCCCC(=O)OC(COC(=O)CCCCCCC)COP(=O)(O)OCCN. The Hall–Kier alpha value is -1.51. The van der Waals surface area contributed by atoms with E-state index in [2.05, 4.69) is 38.2 Å². The summed E-state index contributed by atoms with van der Waals surface area (Å²) in [6.07, 6.45) is 29.6. The molecule has 0 saturated heterocycles. The lowest BCUT2D eigenvalue weighted by Gasteiger charge is -2.19. The molecule has 0 aliphatic carbocycles. The molecule has 0 saturated carbocycles. The highest BCUT2D eigenvalue weighted by molar-refractivity contribution is 7.47. The standard InChI is InChI=1S/C34H64NO8P/c1-3-5-7-9-10-11-12-13-14-15-16-17-18-19-20-21-23-25-27-34(37)43-32(31-42-44(38,39)41-29-28-35)30-40-33(36)26-24-22-8-6-4-2/h11-12,14-15,32H,3-10,13,16-31,35H2,1-2H3,(H,38,39)/b12-11-,15-14-. The monoisotopic (exact) mass is 645 g/mol. The molecule has 0 bridgehead atoms. The number of phosphoric acid groups is 1. The second-order valence-corrected chi connectivity index (χ2v) is 12.8. The first kappa shape index (κ1) is 42.5. The highest BCUT2D eigenvalue weighted by Gasteiger charge is 2.25. The average molecular weight is 646 g/mol. The van der Waals surface area contributed by atoms with Crippen LogP contribution < -0.4 is 5.73 Å². The normalized spacial score (nSPS) is 13.8. The van der Waals surface area contributed by atoms with Gasteiger partial charge in [-0.05, 0) is 44.9 Å². The van der Waals surface area contributed by atoms with Gasteiger partial charge in [-0.2, -0.15) is 0 Å². The number of esters is 2. The minimum Gasteiger partial charge on any atom is -0.462 e. The van der Waals surface area contributed by atoms with Crippen LogP contribution in [-0.2, 0) is 32.7 Å². The highest BCUT2D eigenvalue weighted by Crippen LogP contribution is 2.43. The van der Waals surface area contributed by atoms with E-state index in [1.807, 2.05) is 0 Å². The molecule has 0 aliphatic heterocycles. The Bertz CT molecular complexity index is 789. The molecule has 9 nitrogen and oxygen atoms in total. The van der Waals surface area contributed by atoms with E-state index >= 15 is 0 Å². The zero-order chi connectivity index (χ0) is 32.6. The number of hydrogen-bond acceptors (Lipinski definition) is 8. The minimum absolute atomic E-state index is 0.0525. The zero-order valence-corrected chi connectivity index (χ0v) is 28.8. The summed E-state index contributed by atoms with van der Waals surface area (Å²) >= 11 is 0. The van der Waals surface area contributed by atoms with Crippen molar-refractivity contribution in [3.63, 3.8) is 0 Å². The second kappa shape index (κ2) is 31.5. The number of rotatable bonds is 32. The van der Waals surface area contributed by atoms with Gasteiger partial charge in [-0.1, -0.05) is 115 Å². The van der Waals surface area contributed by atoms with Gasteiger partial charge in [0.2, 0.25) is 0 Å². The Labute approximate surface area is 268 Å². The van der Waals surface area contributed by atoms with Crippen molar-refractivity contribution in [1.29, 1.82) is 0 Å². The Balaban J connectivity index is 4.14. The van der Waals surface area contributed by atoms with Crippen LogP contribution >= 0.6 is 7.82 Å². The first-order chi connectivity index (χ1) is 21.3. The molecule has 0 rings (SSSR count). The van der Waals surface area contributed by atoms with E-state index in [1.54, 1.807) is 0 Å². The largest absolute Gasteiger partial charge is 0.472 e. The van der Waals surface area contributed by atoms with Gasteiger partial charge < -0.3 is 20.1 Å². The third kappa shape index (κ3) is 30.5. The Kier molecular flexibility index (Phi) is 30.4. The molecule has 0 aromatic carbocycles. The Morgan fingerprint density at radius 2 is 1.18 bits per heavy atom. The maximum Gasteiger partial charge on any atom is 0.472 e. The zero-order valence-electron chi connectivity index (χ0n) is 27.9. The van der Waals surface area contributed by atoms with Crippen LogP contribution in [0.4, 0.5) is 0 Å². The number of carbonyl (C=O) groups excluding carboxylic acids is 2. The van der Waals surface area contributed by atoms with E-state index in [0.29, 0.717) is 6.42 Å². The highest BCUT2D eigenvalue weighted by atomic mass is 31.2. The fourth-order valence-corrected chi connectivity index (χ4v) is 5.25. The van der Waals surface area contributed by atoms with Crippen molar-refractivity contribution < 1.29 is 37.6 Å². The first-order valence-corrected chi connectivity index (χ1v) is 18.8. The number of nitrogens with two attached hydrogens (primary N) is 1. The van der Waals surface area contributed by atoms with Gasteiger partial charge in [0.05, 0.1) is 13.2 Å². The number of ether oxygens (including phenoxy) is 2. The molecule has 0 aliphatic rings. The summed E-state index contributed by atoms with van der Waals surface area (Å²) in [6.45, 7) is 3.59. The van der Waals surface area contributed by atoms with Crippen molar-refractivity contribution in [3.05, 3.63) is 24.3 Å². The predicted octanol–water partition coefficient (Wildman–Crippen LogP) is 8.88. The van der Waals surface area contributed by atoms with Gasteiger partial charge in [0.1, 0.15) is 6.61 Å². The number of hydrogen-bond donors (Lipinski definition) is 2. The molecule has 3 N–H and O–H groups in total. The number of carbonyl (C=O) groups is 2. The van der Waals surface area contributed by atoms with E-state index in [1.165, 1.54) is 51.4 Å². The maximum atomic E-state index is 12.4. The van der Waals surface area contributed by atoms with E-state index in [-0.39, 0.29) is 32.6 Å². The fourth-order valence-electron chi connectivity index (χ4n) is 4.49. The molecule has 2 atom stereocenters. The lowest BCUT2D eigenvalue weighted by atomic mass is 10.1. The third-order valence-electron chi connectivity index (χ3n) is 7.09. The number of unbranched alkanes of at least 4 members (excludes halogenated alkanes) is 15. The van der Waals surface area contributed by atoms with Crippen LogP contribution in [0.5, 0.6) is 0 Å². The topological polar surface area (TPSA) is 134 Å². The molecule has 0 spiro atoms. The van der Waals surface area contributed by atoms with Crippen LogP contribution in [0, 0.1) is 0 Å². The van der Waals surface area contributed by atoms with Crippen molar-refractivity contribution in [3.8, 4) is 0 Å². The van der Waals surface area contributed by atoms with E-state index in [0.717, 1.165) is 64.2 Å². The Morgan fingerprint density at radius 1 is 0.682 bits per heavy atom. The van der Waals surface area contributed by atoms with Gasteiger partial charge >= 0.3 is 19.8 Å². The summed E-state index contributed by atoms with van der Waals surface area (Å²) in [7, 11) is -4.36. The van der Waals surface area contributed by atoms with Crippen molar-refractivity contribution in [2.24, 2.45) is 5.73 Å². The van der Waals surface area contributed by atoms with E-state index in [9.17, 15) is 19.0 Å². The van der Waals surface area contributed by atoms with E-state index in [4.69, 9.17) is 24.3 Å². The van der Waals surface area contributed by atoms with Crippen LogP contribution in [0.3, 0.4) is 0 Å². The Morgan fingerprint density at radius 3 is 1.75 bits per heavy atom. The van der Waals surface area contributed by atoms with Crippen LogP contribution in [-0.4, -0.2) is 49.3 Å². The molecule has 0 heterocycles.